The minimum absolute atomic E-state index is 0.115. The van der Waals surface area contributed by atoms with Crippen LogP contribution >= 0.6 is 11.6 Å². The van der Waals surface area contributed by atoms with E-state index in [4.69, 9.17) is 21.1 Å². The molecule has 0 unspecified atom stereocenters. The summed E-state index contributed by atoms with van der Waals surface area (Å²) in [5, 5.41) is 0.446. The minimum atomic E-state index is -3.69. The molecule has 0 aliphatic rings. The fraction of sp³-hybridized carbons (Fsp3) is 0.480. The molecule has 0 fully saturated rings. The van der Waals surface area contributed by atoms with Crippen molar-refractivity contribution in [1.82, 2.24) is 9.71 Å². The number of nitrogens with zero attached hydrogens (tertiary/aromatic N) is 1. The first-order valence-corrected chi connectivity index (χ1v) is 13.6. The number of carbonyl (C=O) groups is 2. The van der Waals surface area contributed by atoms with Gasteiger partial charge in [-0.1, -0.05) is 24.1 Å². The van der Waals surface area contributed by atoms with Crippen molar-refractivity contribution in [1.29, 1.82) is 0 Å². The van der Waals surface area contributed by atoms with E-state index in [9.17, 15) is 18.0 Å². The van der Waals surface area contributed by atoms with E-state index in [-0.39, 0.29) is 37.5 Å². The molecule has 2 aromatic rings. The van der Waals surface area contributed by atoms with Gasteiger partial charge in [-0.05, 0) is 81.8 Å². The van der Waals surface area contributed by atoms with Gasteiger partial charge in [0, 0.05) is 24.0 Å². The highest BCUT2D eigenvalue weighted by Gasteiger charge is 2.47. The molecule has 8 nitrogen and oxygen atoms in total. The summed E-state index contributed by atoms with van der Waals surface area (Å²) in [5.74, 6) is -1.21. The number of pyridine rings is 1. The molecule has 0 bridgehead atoms. The lowest BCUT2D eigenvalue weighted by atomic mass is 9.77. The number of hydrogen-bond donors (Lipinski definition) is 1. The SMILES string of the molecule is CCOC(=O)C(CCCCNS(=O)(=O)c1ccc(Cl)cc1)(CCCc1cccnc1)C(=O)OCC. The zero-order valence-electron chi connectivity index (χ0n) is 20.2. The van der Waals surface area contributed by atoms with E-state index >= 15 is 0 Å². The fourth-order valence-corrected chi connectivity index (χ4v) is 4.95. The molecule has 2 rings (SSSR count). The molecule has 0 aliphatic carbocycles. The molecule has 35 heavy (non-hydrogen) atoms. The Balaban J connectivity index is 2.04. The first-order chi connectivity index (χ1) is 16.7. The molecule has 0 amide bonds. The van der Waals surface area contributed by atoms with Crippen molar-refractivity contribution >= 4 is 33.6 Å². The highest BCUT2D eigenvalue weighted by molar-refractivity contribution is 7.89. The van der Waals surface area contributed by atoms with E-state index in [1.807, 2.05) is 12.1 Å². The zero-order chi connectivity index (χ0) is 25.7. The number of rotatable bonds is 15. The van der Waals surface area contributed by atoms with Crippen molar-refractivity contribution in [3.63, 3.8) is 0 Å². The summed E-state index contributed by atoms with van der Waals surface area (Å²) < 4.78 is 38.0. The molecule has 1 N–H and O–H groups in total. The van der Waals surface area contributed by atoms with E-state index in [2.05, 4.69) is 9.71 Å². The van der Waals surface area contributed by atoms with Crippen LogP contribution in [0.3, 0.4) is 0 Å². The molecule has 0 atom stereocenters. The van der Waals surface area contributed by atoms with E-state index in [0.29, 0.717) is 30.7 Å². The molecule has 1 aromatic carbocycles. The molecule has 0 saturated heterocycles. The third-order valence-electron chi connectivity index (χ3n) is 5.57. The Kier molecular flexibility index (Phi) is 11.6. The molecular formula is C25H33ClN2O6S. The van der Waals surface area contributed by atoms with E-state index < -0.39 is 27.4 Å². The van der Waals surface area contributed by atoms with Gasteiger partial charge < -0.3 is 9.47 Å². The molecule has 0 radical (unpaired) electrons. The maximum absolute atomic E-state index is 13.0. The highest BCUT2D eigenvalue weighted by atomic mass is 35.5. The standard InChI is InChI=1S/C25H33ClN2O6S/c1-3-33-23(29)25(24(30)34-4-2,16-7-9-20-10-8-17-27-19-20)15-5-6-18-28-35(31,32)22-13-11-21(26)12-14-22/h8,10-14,17,19,28H,3-7,9,15-16,18H2,1-2H3. The Morgan fingerprint density at radius 3 is 2.17 bits per heavy atom. The van der Waals surface area contributed by atoms with Crippen LogP contribution in [-0.4, -0.2) is 45.1 Å². The van der Waals surface area contributed by atoms with E-state index in [1.54, 1.807) is 26.2 Å². The number of unbranched alkanes of at least 4 members (excludes halogenated alkanes) is 1. The van der Waals surface area contributed by atoms with Crippen molar-refractivity contribution in [2.45, 2.75) is 57.3 Å². The summed E-state index contributed by atoms with van der Waals surface area (Å²) in [4.78, 5) is 30.2. The first-order valence-electron chi connectivity index (χ1n) is 11.7. The Morgan fingerprint density at radius 2 is 1.60 bits per heavy atom. The number of hydrogen-bond acceptors (Lipinski definition) is 7. The first kappa shape index (κ1) is 28.7. The topological polar surface area (TPSA) is 112 Å². The Morgan fingerprint density at radius 1 is 0.971 bits per heavy atom. The lowest BCUT2D eigenvalue weighted by Crippen LogP contribution is -2.42. The third kappa shape index (κ3) is 8.59. The summed E-state index contributed by atoms with van der Waals surface area (Å²) in [5.41, 5.74) is -0.436. The number of aromatic nitrogens is 1. The summed E-state index contributed by atoms with van der Waals surface area (Å²) in [6.45, 7) is 3.82. The number of nitrogens with one attached hydrogen (secondary N) is 1. The second kappa shape index (κ2) is 14.2. The molecule has 0 spiro atoms. The fourth-order valence-electron chi connectivity index (χ4n) is 3.75. The number of halogens is 1. The summed E-state index contributed by atoms with van der Waals surface area (Å²) in [6.07, 6.45) is 5.96. The van der Waals surface area contributed by atoms with Crippen molar-refractivity contribution in [3.05, 3.63) is 59.4 Å². The lowest BCUT2D eigenvalue weighted by molar-refractivity contribution is -0.173. The van der Waals surface area contributed by atoms with Crippen LogP contribution < -0.4 is 4.72 Å². The van der Waals surface area contributed by atoms with Gasteiger partial charge in [0.05, 0.1) is 18.1 Å². The van der Waals surface area contributed by atoms with Gasteiger partial charge in [-0.15, -0.1) is 0 Å². The number of carbonyl (C=O) groups excluding carboxylic acids is 2. The summed E-state index contributed by atoms with van der Waals surface area (Å²) >= 11 is 5.82. The number of ether oxygens (including phenoxy) is 2. The lowest BCUT2D eigenvalue weighted by Gasteiger charge is -2.29. The van der Waals surface area contributed by atoms with E-state index in [1.165, 1.54) is 24.3 Å². The number of sulfonamides is 1. The Labute approximate surface area is 212 Å². The Hall–Kier alpha value is -2.49. The third-order valence-corrected chi connectivity index (χ3v) is 7.30. The average Bonchev–Trinajstić information content (AvgIpc) is 2.84. The largest absolute Gasteiger partial charge is 0.465 e. The molecule has 1 aromatic heterocycles. The molecule has 10 heteroatoms. The van der Waals surface area contributed by atoms with Gasteiger partial charge in [-0.3, -0.25) is 14.6 Å². The van der Waals surface area contributed by atoms with Crippen LogP contribution in [0.25, 0.3) is 0 Å². The number of esters is 2. The van der Waals surface area contributed by atoms with E-state index in [0.717, 1.165) is 5.56 Å². The molecule has 0 aliphatic heterocycles. The van der Waals surface area contributed by atoms with Crippen LogP contribution in [0.2, 0.25) is 5.02 Å². The second-order valence-electron chi connectivity index (χ2n) is 8.05. The van der Waals surface area contributed by atoms with Gasteiger partial charge in [-0.2, -0.15) is 0 Å². The normalized spacial score (nSPS) is 11.7. The van der Waals surface area contributed by atoms with Crippen molar-refractivity contribution < 1.29 is 27.5 Å². The number of benzene rings is 1. The summed E-state index contributed by atoms with van der Waals surface area (Å²) in [7, 11) is -3.69. The predicted octanol–water partition coefficient (Wildman–Crippen LogP) is 4.32. The van der Waals surface area contributed by atoms with Gasteiger partial charge in [0.15, 0.2) is 5.41 Å². The van der Waals surface area contributed by atoms with Gasteiger partial charge >= 0.3 is 11.9 Å². The van der Waals surface area contributed by atoms with Gasteiger partial charge in [0.1, 0.15) is 0 Å². The van der Waals surface area contributed by atoms with Crippen LogP contribution in [0.1, 0.15) is 51.5 Å². The maximum Gasteiger partial charge on any atom is 0.323 e. The van der Waals surface area contributed by atoms with Crippen molar-refractivity contribution in [3.8, 4) is 0 Å². The monoisotopic (exact) mass is 524 g/mol. The van der Waals surface area contributed by atoms with Crippen LogP contribution in [0.5, 0.6) is 0 Å². The Bertz CT molecular complexity index is 1030. The molecule has 1 heterocycles. The van der Waals surface area contributed by atoms with Crippen LogP contribution in [0.15, 0.2) is 53.7 Å². The van der Waals surface area contributed by atoms with Crippen LogP contribution in [0, 0.1) is 5.41 Å². The highest BCUT2D eigenvalue weighted by Crippen LogP contribution is 2.35. The quantitative estimate of drug-likeness (QED) is 0.210. The van der Waals surface area contributed by atoms with Crippen molar-refractivity contribution in [2.75, 3.05) is 19.8 Å². The second-order valence-corrected chi connectivity index (χ2v) is 10.3. The smallest absolute Gasteiger partial charge is 0.323 e. The molecule has 0 saturated carbocycles. The van der Waals surface area contributed by atoms with Crippen molar-refractivity contribution in [2.24, 2.45) is 5.41 Å². The van der Waals surface area contributed by atoms with Crippen LogP contribution in [0.4, 0.5) is 0 Å². The molecule has 192 valence electrons. The van der Waals surface area contributed by atoms with Gasteiger partial charge in [0.25, 0.3) is 0 Å². The van der Waals surface area contributed by atoms with Gasteiger partial charge in [0.2, 0.25) is 10.0 Å². The number of aryl methyl sites for hydroxylation is 1. The maximum atomic E-state index is 13.0. The zero-order valence-corrected chi connectivity index (χ0v) is 21.7. The minimum Gasteiger partial charge on any atom is -0.465 e. The average molecular weight is 525 g/mol. The summed E-state index contributed by atoms with van der Waals surface area (Å²) in [6, 6.07) is 9.66. The predicted molar refractivity (Wildman–Crippen MR) is 133 cm³/mol. The van der Waals surface area contributed by atoms with Crippen LogP contribution in [-0.2, 0) is 35.5 Å². The van der Waals surface area contributed by atoms with Gasteiger partial charge in [-0.25, -0.2) is 13.1 Å². The molecular weight excluding hydrogens is 492 g/mol.